The second-order valence-corrected chi connectivity index (χ2v) is 7.72. The molecule has 4 aromatic rings. The highest BCUT2D eigenvalue weighted by atomic mass is 35.5. The number of hydrogen-bond acceptors (Lipinski definition) is 5. The van der Waals surface area contributed by atoms with Crippen LogP contribution >= 0.6 is 11.6 Å². The van der Waals surface area contributed by atoms with E-state index < -0.39 is 42.0 Å². The molecule has 9 nitrogen and oxygen atoms in total. The van der Waals surface area contributed by atoms with Crippen molar-refractivity contribution in [2.75, 3.05) is 5.32 Å². The van der Waals surface area contributed by atoms with Crippen molar-refractivity contribution in [3.63, 3.8) is 0 Å². The number of hydrogen-bond donors (Lipinski definition) is 2. The Morgan fingerprint density at radius 2 is 1.74 bits per heavy atom. The van der Waals surface area contributed by atoms with E-state index in [-0.39, 0.29) is 28.2 Å². The third-order valence-electron chi connectivity index (χ3n) is 4.98. The largest absolute Gasteiger partial charge is 0.467 e. The van der Waals surface area contributed by atoms with E-state index in [2.05, 4.69) is 10.6 Å². The van der Waals surface area contributed by atoms with Gasteiger partial charge in [0.2, 0.25) is 11.8 Å². The smallest absolute Gasteiger partial charge is 0.332 e. The molecule has 11 heteroatoms. The fraction of sp³-hybridized carbons (Fsp3) is 0.130. The van der Waals surface area contributed by atoms with Crippen LogP contribution in [0.2, 0.25) is 5.02 Å². The second kappa shape index (κ2) is 9.75. The normalized spacial score (nSPS) is 10.9. The van der Waals surface area contributed by atoms with Crippen molar-refractivity contribution in [2.45, 2.75) is 19.6 Å². The van der Waals surface area contributed by atoms with Gasteiger partial charge in [0, 0.05) is 5.69 Å². The van der Waals surface area contributed by atoms with Crippen LogP contribution in [0.15, 0.2) is 74.9 Å². The molecule has 4 rings (SSSR count). The molecule has 2 heterocycles. The van der Waals surface area contributed by atoms with Crippen LogP contribution in [0.25, 0.3) is 10.9 Å². The minimum atomic E-state index is -0.830. The van der Waals surface area contributed by atoms with Crippen LogP contribution in [0.3, 0.4) is 0 Å². The lowest BCUT2D eigenvalue weighted by molar-refractivity contribution is -0.122. The molecule has 2 amide bonds. The molecule has 0 aliphatic heterocycles. The fourth-order valence-corrected chi connectivity index (χ4v) is 3.56. The van der Waals surface area contributed by atoms with E-state index in [4.69, 9.17) is 16.0 Å². The molecule has 0 fully saturated rings. The van der Waals surface area contributed by atoms with Crippen molar-refractivity contribution in [1.29, 1.82) is 0 Å². The molecule has 0 radical (unpaired) electrons. The van der Waals surface area contributed by atoms with E-state index in [0.29, 0.717) is 5.76 Å². The zero-order chi connectivity index (χ0) is 24.2. The highest BCUT2D eigenvalue weighted by molar-refractivity contribution is 6.31. The average molecular weight is 485 g/mol. The van der Waals surface area contributed by atoms with Crippen molar-refractivity contribution < 1.29 is 18.4 Å². The summed E-state index contributed by atoms with van der Waals surface area (Å²) in [5.41, 5.74) is -1.02. The van der Waals surface area contributed by atoms with Crippen molar-refractivity contribution >= 4 is 40.0 Å². The number of amides is 2. The van der Waals surface area contributed by atoms with Gasteiger partial charge in [-0.1, -0.05) is 23.7 Å². The first kappa shape index (κ1) is 23.0. The number of furan rings is 1. The summed E-state index contributed by atoms with van der Waals surface area (Å²) >= 11 is 5.74. The molecule has 0 unspecified atom stereocenters. The Bertz CT molecular complexity index is 1490. The molecular weight excluding hydrogens is 467 g/mol. The molecule has 0 atom stereocenters. The monoisotopic (exact) mass is 484 g/mol. The number of carbonyl (C=O) groups is 2. The summed E-state index contributed by atoms with van der Waals surface area (Å²) in [6.07, 6.45) is 1.46. The maximum atomic E-state index is 13.4. The van der Waals surface area contributed by atoms with Crippen LogP contribution in [0.1, 0.15) is 5.76 Å². The number of benzene rings is 2. The lowest BCUT2D eigenvalue weighted by atomic mass is 10.2. The van der Waals surface area contributed by atoms with Gasteiger partial charge in [-0.15, -0.1) is 0 Å². The van der Waals surface area contributed by atoms with Gasteiger partial charge in [0.05, 0.1) is 28.7 Å². The van der Waals surface area contributed by atoms with Gasteiger partial charge in [-0.3, -0.25) is 23.5 Å². The van der Waals surface area contributed by atoms with E-state index >= 15 is 0 Å². The van der Waals surface area contributed by atoms with Crippen LogP contribution in [0, 0.1) is 5.82 Å². The molecule has 0 saturated carbocycles. The molecule has 174 valence electrons. The topological polar surface area (TPSA) is 115 Å². The minimum Gasteiger partial charge on any atom is -0.467 e. The molecule has 34 heavy (non-hydrogen) atoms. The number of halogens is 2. The summed E-state index contributed by atoms with van der Waals surface area (Å²) in [7, 11) is 0. The van der Waals surface area contributed by atoms with Gasteiger partial charge in [0.1, 0.15) is 24.7 Å². The molecule has 2 aromatic carbocycles. The Labute approximate surface area is 196 Å². The van der Waals surface area contributed by atoms with Crippen molar-refractivity contribution in [3.05, 3.63) is 98.3 Å². The zero-order valence-corrected chi connectivity index (χ0v) is 18.3. The van der Waals surface area contributed by atoms with Gasteiger partial charge in [0.25, 0.3) is 5.56 Å². The number of para-hydroxylation sites is 1. The average Bonchev–Trinajstić information content (AvgIpc) is 3.34. The molecule has 0 spiro atoms. The fourth-order valence-electron chi connectivity index (χ4n) is 3.38. The van der Waals surface area contributed by atoms with Gasteiger partial charge in [-0.2, -0.15) is 0 Å². The minimum absolute atomic E-state index is 0.0883. The number of nitrogens with zero attached hydrogens (tertiary/aromatic N) is 2. The summed E-state index contributed by atoms with van der Waals surface area (Å²) in [4.78, 5) is 51.1. The Kier molecular flexibility index (Phi) is 6.60. The summed E-state index contributed by atoms with van der Waals surface area (Å²) in [6, 6.07) is 13.3. The van der Waals surface area contributed by atoms with Gasteiger partial charge in [0.15, 0.2) is 0 Å². The van der Waals surface area contributed by atoms with Crippen molar-refractivity contribution in [2.24, 2.45) is 0 Å². The zero-order valence-electron chi connectivity index (χ0n) is 17.6. The third kappa shape index (κ3) is 4.91. The number of rotatable bonds is 7. The van der Waals surface area contributed by atoms with Crippen molar-refractivity contribution in [3.8, 4) is 0 Å². The molecule has 0 aliphatic carbocycles. The van der Waals surface area contributed by atoms with Crippen LogP contribution < -0.4 is 21.9 Å². The second-order valence-electron chi connectivity index (χ2n) is 7.31. The van der Waals surface area contributed by atoms with E-state index in [1.54, 1.807) is 24.3 Å². The highest BCUT2D eigenvalue weighted by Crippen LogP contribution is 2.19. The molecule has 0 bridgehead atoms. The number of nitrogens with one attached hydrogen (secondary N) is 2. The lowest BCUT2D eigenvalue weighted by Crippen LogP contribution is -2.44. The van der Waals surface area contributed by atoms with Crippen LogP contribution in [0.4, 0.5) is 10.1 Å². The Hall–Kier alpha value is -4.18. The number of fused-ring (bicyclic) bond motifs is 1. The third-order valence-corrected chi connectivity index (χ3v) is 5.27. The van der Waals surface area contributed by atoms with Gasteiger partial charge >= 0.3 is 5.69 Å². The van der Waals surface area contributed by atoms with E-state index in [1.165, 1.54) is 30.5 Å². The summed E-state index contributed by atoms with van der Waals surface area (Å²) < 4.78 is 20.4. The summed E-state index contributed by atoms with van der Waals surface area (Å²) in [6.45, 7) is -0.911. The Balaban J connectivity index is 1.62. The first-order valence-electron chi connectivity index (χ1n) is 10.1. The molecule has 0 saturated heterocycles. The first-order chi connectivity index (χ1) is 16.3. The molecule has 2 N–H and O–H groups in total. The van der Waals surface area contributed by atoms with E-state index in [0.717, 1.165) is 15.2 Å². The SMILES string of the molecule is O=C(Cn1c(=O)c2ccccc2n(CC(=O)Nc2ccc(F)c(Cl)c2)c1=O)NCc1ccco1. The van der Waals surface area contributed by atoms with Crippen LogP contribution in [-0.2, 0) is 29.2 Å². The summed E-state index contributed by atoms with van der Waals surface area (Å²) in [5.74, 6) is -1.32. The van der Waals surface area contributed by atoms with Gasteiger partial charge in [-0.05, 0) is 42.5 Å². The molecule has 0 aliphatic rings. The highest BCUT2D eigenvalue weighted by Gasteiger charge is 2.17. The standard InChI is InChI=1S/C23H18ClFN4O5/c24-17-10-14(7-8-18(17)25)27-21(31)13-28-19-6-2-1-5-16(19)22(32)29(23(28)33)12-20(30)26-11-15-4-3-9-34-15/h1-10H,11-13H2,(H,26,30)(H,27,31). The Morgan fingerprint density at radius 1 is 0.971 bits per heavy atom. The van der Waals surface area contributed by atoms with E-state index in [9.17, 15) is 23.6 Å². The first-order valence-corrected chi connectivity index (χ1v) is 10.5. The maximum Gasteiger partial charge on any atom is 0.332 e. The van der Waals surface area contributed by atoms with E-state index in [1.807, 2.05) is 0 Å². The quantitative estimate of drug-likeness (QED) is 0.418. The van der Waals surface area contributed by atoms with Gasteiger partial charge in [-0.25, -0.2) is 9.18 Å². The van der Waals surface area contributed by atoms with Crippen molar-refractivity contribution in [1.82, 2.24) is 14.5 Å². The number of carbonyl (C=O) groups excluding carboxylic acids is 2. The van der Waals surface area contributed by atoms with Gasteiger partial charge < -0.3 is 15.1 Å². The summed E-state index contributed by atoms with van der Waals surface area (Å²) in [5, 5.41) is 5.10. The molecule has 2 aromatic heterocycles. The predicted molar refractivity (Wildman–Crippen MR) is 123 cm³/mol. The number of anilines is 1. The predicted octanol–water partition coefficient (Wildman–Crippen LogP) is 2.50. The lowest BCUT2D eigenvalue weighted by Gasteiger charge is -2.14. The Morgan fingerprint density at radius 3 is 2.47 bits per heavy atom. The van der Waals surface area contributed by atoms with Crippen LogP contribution in [-0.4, -0.2) is 20.9 Å². The number of aromatic nitrogens is 2. The maximum absolute atomic E-state index is 13.4. The van der Waals surface area contributed by atoms with Crippen LogP contribution in [0.5, 0.6) is 0 Å². The molecular formula is C23H18ClFN4O5.